The van der Waals surface area contributed by atoms with Crippen LogP contribution in [0.3, 0.4) is 0 Å². The molecule has 3 fully saturated rings. The maximum Gasteiger partial charge on any atom is 0.246 e. The topological polar surface area (TPSA) is 102 Å². The summed E-state index contributed by atoms with van der Waals surface area (Å²) in [6.45, 7) is 1.52. The van der Waals surface area contributed by atoms with Crippen molar-refractivity contribution in [1.29, 1.82) is 0 Å². The third kappa shape index (κ3) is 3.20. The van der Waals surface area contributed by atoms with Gasteiger partial charge in [-0.2, -0.15) is 4.31 Å². The molecule has 152 valence electrons. The molecule has 2 amide bonds. The zero-order chi connectivity index (χ0) is 19.9. The van der Waals surface area contributed by atoms with Crippen molar-refractivity contribution >= 4 is 27.5 Å². The minimum atomic E-state index is -3.89. The van der Waals surface area contributed by atoms with Gasteiger partial charge in [0.05, 0.1) is 26.0 Å². The van der Waals surface area contributed by atoms with Gasteiger partial charge in [-0.05, 0) is 18.2 Å². The van der Waals surface area contributed by atoms with Gasteiger partial charge in [-0.1, -0.05) is 0 Å². The lowest BCUT2D eigenvalue weighted by atomic mass is 10.1. The van der Waals surface area contributed by atoms with Gasteiger partial charge >= 0.3 is 0 Å². The molecule has 28 heavy (non-hydrogen) atoms. The molecule has 0 aliphatic carbocycles. The number of benzene rings is 1. The first-order chi connectivity index (χ1) is 13.4. The van der Waals surface area contributed by atoms with Crippen molar-refractivity contribution in [2.24, 2.45) is 0 Å². The van der Waals surface area contributed by atoms with Crippen LogP contribution in [0.15, 0.2) is 23.1 Å². The fourth-order valence-corrected chi connectivity index (χ4v) is 5.48. The summed E-state index contributed by atoms with van der Waals surface area (Å²) < 4.78 is 44.5. The number of piperidine rings is 1. The van der Waals surface area contributed by atoms with Crippen molar-refractivity contribution in [2.75, 3.05) is 38.3 Å². The monoisotopic (exact) mass is 410 g/mol. The Bertz CT molecular complexity index is 883. The summed E-state index contributed by atoms with van der Waals surface area (Å²) in [7, 11) is -2.51. The molecule has 0 unspecified atom stereocenters. The minimum Gasteiger partial charge on any atom is -0.495 e. The first kappa shape index (κ1) is 19.3. The first-order valence-corrected chi connectivity index (χ1v) is 10.6. The molecule has 3 aliphatic heterocycles. The van der Waals surface area contributed by atoms with Crippen molar-refractivity contribution in [2.45, 2.75) is 36.4 Å². The van der Waals surface area contributed by atoms with E-state index in [-0.39, 0.29) is 54.1 Å². The van der Waals surface area contributed by atoms with Gasteiger partial charge in [-0.25, -0.2) is 8.42 Å². The molecule has 1 aromatic rings. The second kappa shape index (κ2) is 7.11. The van der Waals surface area contributed by atoms with Gasteiger partial charge < -0.3 is 14.2 Å². The van der Waals surface area contributed by atoms with E-state index in [1.54, 1.807) is 0 Å². The van der Waals surface area contributed by atoms with E-state index in [9.17, 15) is 18.0 Å². The highest BCUT2D eigenvalue weighted by atomic mass is 32.2. The van der Waals surface area contributed by atoms with Crippen LogP contribution in [0.4, 0.5) is 5.69 Å². The fourth-order valence-electron chi connectivity index (χ4n) is 3.86. The van der Waals surface area contributed by atoms with Crippen LogP contribution in [-0.2, 0) is 29.1 Å². The summed E-state index contributed by atoms with van der Waals surface area (Å²) in [5, 5.41) is 0. The number of hydrogen-bond donors (Lipinski definition) is 0. The molecule has 3 aliphatic rings. The number of ether oxygens (including phenoxy) is 3. The quantitative estimate of drug-likeness (QED) is 0.679. The fraction of sp³-hybridized carbons (Fsp3) is 0.556. The number of nitrogens with zero attached hydrogens (tertiary/aromatic N) is 2. The molecule has 1 spiro atoms. The van der Waals surface area contributed by atoms with Crippen molar-refractivity contribution in [1.82, 2.24) is 4.31 Å². The Labute approximate surface area is 163 Å². The van der Waals surface area contributed by atoms with E-state index in [0.29, 0.717) is 26.1 Å². The van der Waals surface area contributed by atoms with Crippen LogP contribution in [0.1, 0.15) is 25.7 Å². The first-order valence-electron chi connectivity index (χ1n) is 9.18. The predicted molar refractivity (Wildman–Crippen MR) is 97.3 cm³/mol. The Morgan fingerprint density at radius 2 is 1.64 bits per heavy atom. The number of methoxy groups -OCH3 is 1. The third-order valence-electron chi connectivity index (χ3n) is 5.37. The third-order valence-corrected chi connectivity index (χ3v) is 7.29. The van der Waals surface area contributed by atoms with Gasteiger partial charge in [0.1, 0.15) is 10.6 Å². The number of carbonyl (C=O) groups is 2. The second-order valence-corrected chi connectivity index (χ2v) is 8.88. The van der Waals surface area contributed by atoms with Gasteiger partial charge in [0.25, 0.3) is 0 Å². The number of amides is 2. The zero-order valence-electron chi connectivity index (χ0n) is 15.5. The average molecular weight is 410 g/mol. The molecule has 0 atom stereocenters. The maximum absolute atomic E-state index is 13.3. The molecule has 10 heteroatoms. The Kier molecular flexibility index (Phi) is 4.90. The van der Waals surface area contributed by atoms with Gasteiger partial charge in [0, 0.05) is 38.8 Å². The molecule has 0 saturated carbocycles. The number of sulfonamides is 1. The number of hydrogen-bond acceptors (Lipinski definition) is 7. The predicted octanol–water partition coefficient (Wildman–Crippen LogP) is 0.876. The summed E-state index contributed by atoms with van der Waals surface area (Å²) in [6, 6.07) is 4.32. The van der Waals surface area contributed by atoms with E-state index in [2.05, 4.69) is 0 Å². The van der Waals surface area contributed by atoms with Crippen LogP contribution in [0, 0.1) is 0 Å². The van der Waals surface area contributed by atoms with E-state index >= 15 is 0 Å². The number of anilines is 1. The molecule has 0 aromatic heterocycles. The Morgan fingerprint density at radius 3 is 2.21 bits per heavy atom. The Balaban J connectivity index is 1.64. The van der Waals surface area contributed by atoms with Crippen molar-refractivity contribution in [3.63, 3.8) is 0 Å². The minimum absolute atomic E-state index is 0.0655. The highest BCUT2D eigenvalue weighted by Gasteiger charge is 2.43. The molecule has 3 heterocycles. The van der Waals surface area contributed by atoms with Gasteiger partial charge in [0.2, 0.25) is 21.8 Å². The summed E-state index contributed by atoms with van der Waals surface area (Å²) in [6.07, 6.45) is 1.14. The van der Waals surface area contributed by atoms with E-state index in [1.807, 2.05) is 0 Å². The molecule has 9 nitrogen and oxygen atoms in total. The second-order valence-electron chi connectivity index (χ2n) is 6.97. The smallest absolute Gasteiger partial charge is 0.246 e. The molecule has 0 N–H and O–H groups in total. The number of imide groups is 1. The average Bonchev–Trinajstić information content (AvgIpc) is 3.28. The van der Waals surface area contributed by atoms with Gasteiger partial charge in [-0.15, -0.1) is 0 Å². The number of carbonyl (C=O) groups excluding carboxylic acids is 2. The van der Waals surface area contributed by atoms with E-state index in [4.69, 9.17) is 14.2 Å². The van der Waals surface area contributed by atoms with Crippen LogP contribution >= 0.6 is 0 Å². The van der Waals surface area contributed by atoms with E-state index in [0.717, 1.165) is 4.90 Å². The van der Waals surface area contributed by atoms with Gasteiger partial charge in [-0.3, -0.25) is 14.5 Å². The largest absolute Gasteiger partial charge is 0.495 e. The lowest BCUT2D eigenvalue weighted by molar-refractivity contribution is -0.179. The van der Waals surface area contributed by atoms with Crippen LogP contribution in [0.25, 0.3) is 0 Å². The summed E-state index contributed by atoms with van der Waals surface area (Å²) in [4.78, 5) is 25.0. The highest BCUT2D eigenvalue weighted by Crippen LogP contribution is 2.37. The molecule has 0 radical (unpaired) electrons. The highest BCUT2D eigenvalue weighted by molar-refractivity contribution is 7.89. The van der Waals surface area contributed by atoms with Gasteiger partial charge in [0.15, 0.2) is 5.79 Å². The number of rotatable bonds is 4. The van der Waals surface area contributed by atoms with E-state index < -0.39 is 15.8 Å². The molecule has 0 bridgehead atoms. The normalized spacial score (nSPS) is 23.0. The van der Waals surface area contributed by atoms with Crippen LogP contribution in [0.2, 0.25) is 0 Å². The molecule has 1 aromatic carbocycles. The molecule has 3 saturated heterocycles. The van der Waals surface area contributed by atoms with Crippen LogP contribution < -0.4 is 9.64 Å². The van der Waals surface area contributed by atoms with Crippen molar-refractivity contribution < 1.29 is 32.2 Å². The van der Waals surface area contributed by atoms with Crippen molar-refractivity contribution in [3.05, 3.63) is 18.2 Å². The summed E-state index contributed by atoms with van der Waals surface area (Å²) in [5.41, 5.74) is 0.239. The molecular formula is C18H22N2O7S. The van der Waals surface area contributed by atoms with Crippen molar-refractivity contribution in [3.8, 4) is 5.75 Å². The SMILES string of the molecule is COc1ccc(N2C(=O)CCC2=O)cc1S(=O)(=O)N1CCC2(CC1)OCCO2. The summed E-state index contributed by atoms with van der Waals surface area (Å²) >= 11 is 0. The lowest BCUT2D eigenvalue weighted by Crippen LogP contribution is -2.47. The molecular weight excluding hydrogens is 388 g/mol. The zero-order valence-corrected chi connectivity index (χ0v) is 16.4. The summed E-state index contributed by atoms with van der Waals surface area (Å²) in [5.74, 6) is -1.20. The molecule has 4 rings (SSSR count). The Hall–Kier alpha value is -2.01. The maximum atomic E-state index is 13.3. The standard InChI is InChI=1S/C18H22N2O7S/c1-25-14-3-2-13(20-16(21)4-5-17(20)22)12-15(14)28(23,24)19-8-6-18(7-9-19)26-10-11-27-18/h2-3,12H,4-11H2,1H3. The van der Waals surface area contributed by atoms with E-state index in [1.165, 1.54) is 29.6 Å². The van der Waals surface area contributed by atoms with Crippen LogP contribution in [-0.4, -0.2) is 63.7 Å². The lowest BCUT2D eigenvalue weighted by Gasteiger charge is -2.37. The van der Waals surface area contributed by atoms with Crippen LogP contribution in [0.5, 0.6) is 5.75 Å². The Morgan fingerprint density at radius 1 is 1.04 bits per heavy atom.